The van der Waals surface area contributed by atoms with Crippen molar-refractivity contribution in [2.24, 2.45) is 0 Å². The van der Waals surface area contributed by atoms with E-state index in [9.17, 15) is 13.2 Å². The zero-order chi connectivity index (χ0) is 13.9. The molecule has 1 fully saturated rings. The highest BCUT2D eigenvalue weighted by Gasteiger charge is 2.27. The van der Waals surface area contributed by atoms with Gasteiger partial charge in [0, 0.05) is 25.0 Å². The first kappa shape index (κ1) is 14.5. The number of rotatable bonds is 4. The Morgan fingerprint density at radius 3 is 2.68 bits per heavy atom. The topological polar surface area (TPSA) is 66.5 Å². The van der Waals surface area contributed by atoms with Crippen LogP contribution in [0, 0.1) is 0 Å². The third-order valence-corrected chi connectivity index (χ3v) is 6.04. The van der Waals surface area contributed by atoms with Crippen LogP contribution in [0.15, 0.2) is 16.3 Å². The van der Waals surface area contributed by atoms with E-state index in [0.717, 1.165) is 19.3 Å². The zero-order valence-electron chi connectivity index (χ0n) is 10.9. The molecule has 1 aromatic rings. The number of sulfonamides is 1. The van der Waals surface area contributed by atoms with Crippen LogP contribution in [0.25, 0.3) is 0 Å². The van der Waals surface area contributed by atoms with E-state index < -0.39 is 10.0 Å². The molecule has 1 aromatic heterocycles. The number of hydrogen-bond donors (Lipinski definition) is 1. The van der Waals surface area contributed by atoms with Crippen molar-refractivity contribution in [3.8, 4) is 0 Å². The molecular weight excluding hydrogens is 284 g/mol. The van der Waals surface area contributed by atoms with E-state index in [4.69, 9.17) is 0 Å². The molecule has 7 heteroatoms. The maximum Gasteiger partial charge on any atom is 0.261 e. The second-order valence-electron chi connectivity index (χ2n) is 4.47. The van der Waals surface area contributed by atoms with Gasteiger partial charge in [-0.1, -0.05) is 6.42 Å². The first-order valence-corrected chi connectivity index (χ1v) is 8.74. The lowest BCUT2D eigenvalue weighted by Crippen LogP contribution is -2.35. The summed E-state index contributed by atoms with van der Waals surface area (Å²) in [6.45, 7) is 3.52. The van der Waals surface area contributed by atoms with Crippen LogP contribution in [-0.4, -0.2) is 38.3 Å². The van der Waals surface area contributed by atoms with Gasteiger partial charge in [-0.3, -0.25) is 4.79 Å². The standard InChI is InChI=1S/C12H18N2O3S2/c1-2-13-12(15)11-8-10(9-18-11)19(16,17)14-6-4-3-5-7-14/h8-9H,2-7H2,1H3,(H,13,15). The van der Waals surface area contributed by atoms with Gasteiger partial charge in [0.05, 0.1) is 9.77 Å². The molecule has 2 rings (SSSR count). The Labute approximate surface area is 117 Å². The fourth-order valence-electron chi connectivity index (χ4n) is 2.08. The Hall–Kier alpha value is -0.920. The molecule has 0 atom stereocenters. The molecule has 0 unspecified atom stereocenters. The van der Waals surface area contributed by atoms with E-state index in [-0.39, 0.29) is 10.8 Å². The van der Waals surface area contributed by atoms with Crippen LogP contribution in [0.5, 0.6) is 0 Å². The predicted molar refractivity (Wildman–Crippen MR) is 74.9 cm³/mol. The molecule has 1 aliphatic heterocycles. The van der Waals surface area contributed by atoms with Gasteiger partial charge < -0.3 is 5.32 Å². The summed E-state index contributed by atoms with van der Waals surface area (Å²) in [6, 6.07) is 1.47. The number of nitrogens with zero attached hydrogens (tertiary/aromatic N) is 1. The van der Waals surface area contributed by atoms with Crippen LogP contribution >= 0.6 is 11.3 Å². The van der Waals surface area contributed by atoms with E-state index >= 15 is 0 Å². The number of carbonyl (C=O) groups is 1. The normalized spacial score (nSPS) is 17.3. The number of hydrogen-bond acceptors (Lipinski definition) is 4. The van der Waals surface area contributed by atoms with E-state index in [0.29, 0.717) is 24.5 Å². The molecule has 106 valence electrons. The summed E-state index contributed by atoms with van der Waals surface area (Å²) in [5.74, 6) is -0.215. The van der Waals surface area contributed by atoms with Gasteiger partial charge in [0.15, 0.2) is 0 Å². The van der Waals surface area contributed by atoms with Crippen molar-refractivity contribution in [1.29, 1.82) is 0 Å². The average molecular weight is 302 g/mol. The molecule has 5 nitrogen and oxygen atoms in total. The molecule has 1 N–H and O–H groups in total. The Morgan fingerprint density at radius 1 is 1.37 bits per heavy atom. The highest BCUT2D eigenvalue weighted by molar-refractivity contribution is 7.89. The molecule has 0 bridgehead atoms. The maximum absolute atomic E-state index is 12.4. The Morgan fingerprint density at radius 2 is 2.05 bits per heavy atom. The van der Waals surface area contributed by atoms with Crippen LogP contribution in [0.1, 0.15) is 35.9 Å². The Balaban J connectivity index is 2.19. The highest BCUT2D eigenvalue weighted by Crippen LogP contribution is 2.25. The summed E-state index contributed by atoms with van der Waals surface area (Å²) in [5.41, 5.74) is 0. The largest absolute Gasteiger partial charge is 0.352 e. The monoisotopic (exact) mass is 302 g/mol. The summed E-state index contributed by atoms with van der Waals surface area (Å²) in [7, 11) is -3.43. The minimum absolute atomic E-state index is 0.215. The van der Waals surface area contributed by atoms with Crippen molar-refractivity contribution in [3.05, 3.63) is 16.3 Å². The predicted octanol–water partition coefficient (Wildman–Crippen LogP) is 1.67. The SMILES string of the molecule is CCNC(=O)c1cc(S(=O)(=O)N2CCCCC2)cs1. The van der Waals surface area contributed by atoms with E-state index in [2.05, 4.69) is 5.32 Å². The van der Waals surface area contributed by atoms with E-state index in [1.54, 1.807) is 5.38 Å². The second kappa shape index (κ2) is 6.02. The van der Waals surface area contributed by atoms with Crippen LogP contribution < -0.4 is 5.32 Å². The fraction of sp³-hybridized carbons (Fsp3) is 0.583. The molecule has 1 amide bonds. The number of nitrogens with one attached hydrogen (secondary N) is 1. The third-order valence-electron chi connectivity index (χ3n) is 3.09. The summed E-state index contributed by atoms with van der Waals surface area (Å²) in [5, 5.41) is 4.22. The Kier molecular flexibility index (Phi) is 4.59. The van der Waals surface area contributed by atoms with Crippen LogP contribution in [0.4, 0.5) is 0 Å². The summed E-state index contributed by atoms with van der Waals surface area (Å²) in [6.07, 6.45) is 2.90. The molecule has 1 saturated heterocycles. The molecule has 2 heterocycles. The minimum atomic E-state index is -3.43. The van der Waals surface area contributed by atoms with Crippen molar-refractivity contribution >= 4 is 27.3 Å². The van der Waals surface area contributed by atoms with Crippen molar-refractivity contribution in [2.75, 3.05) is 19.6 Å². The lowest BCUT2D eigenvalue weighted by atomic mass is 10.2. The quantitative estimate of drug-likeness (QED) is 0.920. The van der Waals surface area contributed by atoms with Crippen LogP contribution in [-0.2, 0) is 10.0 Å². The average Bonchev–Trinajstić information content (AvgIpc) is 2.90. The fourth-order valence-corrected chi connectivity index (χ4v) is 4.77. The van der Waals surface area contributed by atoms with Crippen molar-refractivity contribution < 1.29 is 13.2 Å². The molecule has 0 aliphatic carbocycles. The number of thiophene rings is 1. The first-order chi connectivity index (χ1) is 9.05. The lowest BCUT2D eigenvalue weighted by Gasteiger charge is -2.25. The molecule has 1 aliphatic rings. The van der Waals surface area contributed by atoms with Crippen molar-refractivity contribution in [3.63, 3.8) is 0 Å². The number of piperidine rings is 1. The van der Waals surface area contributed by atoms with Gasteiger partial charge in [0.25, 0.3) is 5.91 Å². The van der Waals surface area contributed by atoms with Crippen LogP contribution in [0.3, 0.4) is 0 Å². The minimum Gasteiger partial charge on any atom is -0.352 e. The van der Waals surface area contributed by atoms with Crippen molar-refractivity contribution in [1.82, 2.24) is 9.62 Å². The zero-order valence-corrected chi connectivity index (χ0v) is 12.5. The van der Waals surface area contributed by atoms with Gasteiger partial charge in [0.2, 0.25) is 10.0 Å². The molecule has 0 aromatic carbocycles. The summed E-state index contributed by atoms with van der Waals surface area (Å²) < 4.78 is 26.3. The lowest BCUT2D eigenvalue weighted by molar-refractivity contribution is 0.0959. The molecule has 0 saturated carbocycles. The first-order valence-electron chi connectivity index (χ1n) is 6.42. The summed E-state index contributed by atoms with van der Waals surface area (Å²) >= 11 is 1.17. The van der Waals surface area contributed by atoms with E-state index in [1.165, 1.54) is 21.7 Å². The van der Waals surface area contributed by atoms with Crippen molar-refractivity contribution in [2.45, 2.75) is 31.1 Å². The van der Waals surface area contributed by atoms with Crippen LogP contribution in [0.2, 0.25) is 0 Å². The molecule has 0 spiro atoms. The van der Waals surface area contributed by atoms with Gasteiger partial charge in [-0.15, -0.1) is 11.3 Å². The summed E-state index contributed by atoms with van der Waals surface area (Å²) in [4.78, 5) is 12.3. The highest BCUT2D eigenvalue weighted by atomic mass is 32.2. The molecule has 19 heavy (non-hydrogen) atoms. The third kappa shape index (κ3) is 3.16. The second-order valence-corrected chi connectivity index (χ2v) is 7.32. The van der Waals surface area contributed by atoms with Gasteiger partial charge >= 0.3 is 0 Å². The van der Waals surface area contributed by atoms with Gasteiger partial charge in [-0.2, -0.15) is 4.31 Å². The maximum atomic E-state index is 12.4. The van der Waals surface area contributed by atoms with Gasteiger partial charge in [-0.05, 0) is 25.8 Å². The van der Waals surface area contributed by atoms with Gasteiger partial charge in [0.1, 0.15) is 0 Å². The molecule has 0 radical (unpaired) electrons. The van der Waals surface area contributed by atoms with Gasteiger partial charge in [-0.25, -0.2) is 8.42 Å². The Bertz CT molecular complexity index is 545. The molecular formula is C12H18N2O3S2. The number of carbonyl (C=O) groups excluding carboxylic acids is 1. The number of amides is 1. The smallest absolute Gasteiger partial charge is 0.261 e. The van der Waals surface area contributed by atoms with E-state index in [1.807, 2.05) is 6.92 Å².